The van der Waals surface area contributed by atoms with Crippen molar-refractivity contribution in [2.45, 2.75) is 19.8 Å². The molecular weight excluding hydrogens is 326 g/mol. The summed E-state index contributed by atoms with van der Waals surface area (Å²) in [6, 6.07) is 13.3. The van der Waals surface area contributed by atoms with Crippen molar-refractivity contribution in [2.24, 2.45) is 0 Å². The Morgan fingerprint density at radius 1 is 1.12 bits per heavy atom. The van der Waals surface area contributed by atoms with Crippen molar-refractivity contribution >= 4 is 17.5 Å². The predicted molar refractivity (Wildman–Crippen MR) is 96.0 cm³/mol. The van der Waals surface area contributed by atoms with Crippen LogP contribution in [0.25, 0.3) is 0 Å². The zero-order valence-electron chi connectivity index (χ0n) is 14.0. The van der Waals surface area contributed by atoms with Crippen LogP contribution >= 0.6 is 11.6 Å². The van der Waals surface area contributed by atoms with Gasteiger partial charge in [0.25, 0.3) is 5.91 Å². The van der Waals surface area contributed by atoms with E-state index in [0.29, 0.717) is 17.3 Å². The van der Waals surface area contributed by atoms with Gasteiger partial charge in [-0.05, 0) is 61.2 Å². The maximum absolute atomic E-state index is 11.8. The van der Waals surface area contributed by atoms with Crippen LogP contribution < -0.4 is 14.8 Å². The molecule has 2 rings (SSSR count). The van der Waals surface area contributed by atoms with Gasteiger partial charge in [-0.3, -0.25) is 4.79 Å². The van der Waals surface area contributed by atoms with E-state index in [9.17, 15) is 4.79 Å². The first-order chi connectivity index (χ1) is 11.6. The largest absolute Gasteiger partial charge is 0.497 e. The highest BCUT2D eigenvalue weighted by Gasteiger charge is 2.04. The zero-order valence-corrected chi connectivity index (χ0v) is 14.7. The molecule has 0 bridgehead atoms. The molecule has 128 valence electrons. The van der Waals surface area contributed by atoms with Crippen LogP contribution in [-0.4, -0.2) is 26.2 Å². The fourth-order valence-corrected chi connectivity index (χ4v) is 2.34. The number of hydrogen-bond acceptors (Lipinski definition) is 3. The smallest absolute Gasteiger partial charge is 0.257 e. The topological polar surface area (TPSA) is 47.6 Å². The van der Waals surface area contributed by atoms with Crippen LogP contribution in [-0.2, 0) is 11.2 Å². The van der Waals surface area contributed by atoms with Crippen molar-refractivity contribution in [1.82, 2.24) is 5.32 Å². The minimum absolute atomic E-state index is 0.00358. The lowest BCUT2D eigenvalue weighted by atomic mass is 10.1. The average Bonchev–Trinajstić information content (AvgIpc) is 2.60. The Labute approximate surface area is 147 Å². The number of aryl methyl sites for hydroxylation is 2. The highest BCUT2D eigenvalue weighted by Crippen LogP contribution is 2.20. The number of nitrogens with one attached hydrogen (secondary N) is 1. The lowest BCUT2D eigenvalue weighted by Gasteiger charge is -2.09. The Kier molecular flexibility index (Phi) is 6.94. The summed E-state index contributed by atoms with van der Waals surface area (Å²) in [7, 11) is 1.65. The van der Waals surface area contributed by atoms with Crippen molar-refractivity contribution in [2.75, 3.05) is 20.3 Å². The van der Waals surface area contributed by atoms with Gasteiger partial charge in [-0.25, -0.2) is 0 Å². The summed E-state index contributed by atoms with van der Waals surface area (Å²) in [5.41, 5.74) is 2.15. The monoisotopic (exact) mass is 347 g/mol. The van der Waals surface area contributed by atoms with E-state index in [4.69, 9.17) is 21.1 Å². The van der Waals surface area contributed by atoms with Crippen LogP contribution in [0.3, 0.4) is 0 Å². The van der Waals surface area contributed by atoms with Gasteiger partial charge in [-0.1, -0.05) is 23.7 Å². The first-order valence-electron chi connectivity index (χ1n) is 7.87. The molecule has 0 aliphatic heterocycles. The van der Waals surface area contributed by atoms with E-state index in [-0.39, 0.29) is 12.5 Å². The molecule has 0 aromatic heterocycles. The molecule has 2 aromatic rings. The molecule has 2 aromatic carbocycles. The van der Waals surface area contributed by atoms with Gasteiger partial charge in [0.2, 0.25) is 0 Å². The van der Waals surface area contributed by atoms with E-state index >= 15 is 0 Å². The molecule has 0 heterocycles. The van der Waals surface area contributed by atoms with Crippen molar-refractivity contribution < 1.29 is 14.3 Å². The van der Waals surface area contributed by atoms with Gasteiger partial charge >= 0.3 is 0 Å². The molecule has 0 fully saturated rings. The third-order valence-corrected chi connectivity index (χ3v) is 4.05. The van der Waals surface area contributed by atoms with E-state index in [1.54, 1.807) is 19.2 Å². The Hall–Kier alpha value is -2.20. The van der Waals surface area contributed by atoms with E-state index in [2.05, 4.69) is 5.32 Å². The second-order valence-electron chi connectivity index (χ2n) is 5.50. The van der Waals surface area contributed by atoms with Crippen LogP contribution in [0, 0.1) is 6.92 Å². The van der Waals surface area contributed by atoms with Gasteiger partial charge < -0.3 is 14.8 Å². The summed E-state index contributed by atoms with van der Waals surface area (Å²) in [6.07, 6.45) is 1.78. The summed E-state index contributed by atoms with van der Waals surface area (Å²) >= 11 is 5.95. The van der Waals surface area contributed by atoms with Gasteiger partial charge in [-0.15, -0.1) is 0 Å². The quantitative estimate of drug-likeness (QED) is 0.739. The minimum Gasteiger partial charge on any atom is -0.497 e. The van der Waals surface area contributed by atoms with Gasteiger partial charge in [0.15, 0.2) is 6.61 Å². The number of halogens is 1. The fraction of sp³-hybridized carbons (Fsp3) is 0.316. The van der Waals surface area contributed by atoms with Crippen LogP contribution in [0.1, 0.15) is 17.5 Å². The lowest BCUT2D eigenvalue weighted by Crippen LogP contribution is -2.29. The summed E-state index contributed by atoms with van der Waals surface area (Å²) in [5, 5.41) is 3.54. The van der Waals surface area contributed by atoms with Gasteiger partial charge in [-0.2, -0.15) is 0 Å². The Bertz CT molecular complexity index is 671. The summed E-state index contributed by atoms with van der Waals surface area (Å²) in [4.78, 5) is 11.8. The van der Waals surface area contributed by atoms with Crippen molar-refractivity contribution in [3.8, 4) is 11.5 Å². The first-order valence-corrected chi connectivity index (χ1v) is 8.25. The summed E-state index contributed by atoms with van der Waals surface area (Å²) in [5.74, 6) is 1.37. The number of carbonyl (C=O) groups is 1. The van der Waals surface area contributed by atoms with Crippen molar-refractivity contribution in [1.29, 1.82) is 0 Å². The molecule has 0 unspecified atom stereocenters. The lowest BCUT2D eigenvalue weighted by molar-refractivity contribution is -0.123. The molecule has 0 radical (unpaired) electrons. The number of ether oxygens (including phenoxy) is 2. The molecular formula is C19H22ClNO3. The molecule has 0 aliphatic rings. The third-order valence-electron chi connectivity index (χ3n) is 3.62. The predicted octanol–water partition coefficient (Wildman–Crippen LogP) is 3.78. The summed E-state index contributed by atoms with van der Waals surface area (Å²) < 4.78 is 10.6. The maximum atomic E-state index is 11.8. The molecule has 1 amide bonds. The molecule has 0 saturated heterocycles. The number of rotatable bonds is 8. The normalized spacial score (nSPS) is 10.3. The molecule has 0 aliphatic carbocycles. The van der Waals surface area contributed by atoms with E-state index < -0.39 is 0 Å². The number of methoxy groups -OCH3 is 1. The van der Waals surface area contributed by atoms with Gasteiger partial charge in [0.1, 0.15) is 11.5 Å². The first kappa shape index (κ1) is 18.1. The van der Waals surface area contributed by atoms with Crippen molar-refractivity contribution in [3.63, 3.8) is 0 Å². The molecule has 0 spiro atoms. The molecule has 4 nitrogen and oxygen atoms in total. The Balaban J connectivity index is 1.64. The Morgan fingerprint density at radius 3 is 2.50 bits per heavy atom. The minimum atomic E-state index is -0.127. The zero-order chi connectivity index (χ0) is 17.4. The molecule has 24 heavy (non-hydrogen) atoms. The third kappa shape index (κ3) is 5.78. The Morgan fingerprint density at radius 2 is 1.83 bits per heavy atom. The second-order valence-corrected chi connectivity index (χ2v) is 5.91. The molecule has 5 heteroatoms. The van der Waals surface area contributed by atoms with Gasteiger partial charge in [0.05, 0.1) is 7.11 Å². The van der Waals surface area contributed by atoms with Gasteiger partial charge in [0, 0.05) is 11.6 Å². The number of carbonyl (C=O) groups excluding carboxylic acids is 1. The standard InChI is InChI=1S/C19H22ClNO3/c1-14-12-17(9-10-18(14)20)24-13-19(22)21-11-3-4-15-5-7-16(23-2)8-6-15/h5-10,12H,3-4,11,13H2,1-2H3,(H,21,22). The maximum Gasteiger partial charge on any atom is 0.257 e. The highest BCUT2D eigenvalue weighted by atomic mass is 35.5. The fourth-order valence-electron chi connectivity index (χ4n) is 2.22. The SMILES string of the molecule is COc1ccc(CCCNC(=O)COc2ccc(Cl)c(C)c2)cc1. The van der Waals surface area contributed by atoms with E-state index in [0.717, 1.165) is 24.2 Å². The van der Waals surface area contributed by atoms with Crippen LogP contribution in [0.2, 0.25) is 5.02 Å². The van der Waals surface area contributed by atoms with Crippen molar-refractivity contribution in [3.05, 3.63) is 58.6 Å². The number of amides is 1. The van der Waals surface area contributed by atoms with Crippen LogP contribution in [0.5, 0.6) is 11.5 Å². The number of hydrogen-bond donors (Lipinski definition) is 1. The van der Waals surface area contributed by atoms with Crippen LogP contribution in [0.15, 0.2) is 42.5 Å². The van der Waals surface area contributed by atoms with Crippen LogP contribution in [0.4, 0.5) is 0 Å². The molecule has 0 saturated carbocycles. The summed E-state index contributed by atoms with van der Waals surface area (Å²) in [6.45, 7) is 2.52. The second kappa shape index (κ2) is 9.18. The highest BCUT2D eigenvalue weighted by molar-refractivity contribution is 6.31. The van der Waals surface area contributed by atoms with E-state index in [1.165, 1.54) is 5.56 Å². The number of benzene rings is 2. The van der Waals surface area contributed by atoms with E-state index in [1.807, 2.05) is 37.3 Å². The average molecular weight is 348 g/mol. The molecule has 0 atom stereocenters. The molecule has 1 N–H and O–H groups in total.